The Morgan fingerprint density at radius 3 is 3.00 bits per heavy atom. The van der Waals surface area contributed by atoms with Crippen LogP contribution >= 0.6 is 27.5 Å². The molecule has 1 N–H and O–H groups in total. The van der Waals surface area contributed by atoms with Crippen molar-refractivity contribution in [2.24, 2.45) is 0 Å². The molecule has 0 radical (unpaired) electrons. The van der Waals surface area contributed by atoms with Crippen molar-refractivity contribution < 1.29 is 14.3 Å². The van der Waals surface area contributed by atoms with Gasteiger partial charge in [-0.25, -0.2) is 0 Å². The van der Waals surface area contributed by atoms with E-state index in [4.69, 9.17) is 21.1 Å². The van der Waals surface area contributed by atoms with Crippen molar-refractivity contribution in [2.75, 3.05) is 33.4 Å². The number of methoxy groups -OCH3 is 1. The van der Waals surface area contributed by atoms with E-state index in [0.717, 1.165) is 53.4 Å². The van der Waals surface area contributed by atoms with Crippen LogP contribution in [0, 0.1) is 0 Å². The smallest absolute Gasteiger partial charge is 0.253 e. The van der Waals surface area contributed by atoms with Crippen LogP contribution in [0.2, 0.25) is 5.02 Å². The van der Waals surface area contributed by atoms with E-state index in [1.54, 1.807) is 7.11 Å². The zero-order valence-corrected chi connectivity index (χ0v) is 18.8. The number of fused-ring (bicyclic) bond motifs is 1. The van der Waals surface area contributed by atoms with Crippen LogP contribution in [0.1, 0.15) is 24.8 Å². The van der Waals surface area contributed by atoms with E-state index in [0.29, 0.717) is 37.4 Å². The molecule has 2 aliphatic rings. The zero-order valence-electron chi connectivity index (χ0n) is 16.5. The molecule has 2 heterocycles. The minimum atomic E-state index is -0.405. The Labute approximate surface area is 183 Å². The first-order chi connectivity index (χ1) is 14.1. The maximum absolute atomic E-state index is 13.1. The third kappa shape index (κ3) is 4.77. The lowest BCUT2D eigenvalue weighted by Crippen LogP contribution is -2.49. The van der Waals surface area contributed by atoms with Crippen LogP contribution in [0.25, 0.3) is 10.9 Å². The van der Waals surface area contributed by atoms with Gasteiger partial charge in [0.05, 0.1) is 22.5 Å². The van der Waals surface area contributed by atoms with Gasteiger partial charge in [0.25, 0.3) is 5.91 Å². The molecule has 1 aliphatic carbocycles. The zero-order chi connectivity index (χ0) is 20.4. The molecule has 9 heteroatoms. The van der Waals surface area contributed by atoms with Crippen molar-refractivity contribution in [3.8, 4) is 0 Å². The third-order valence-corrected chi connectivity index (χ3v) is 6.22. The molecule has 1 aromatic carbocycles. The maximum atomic E-state index is 13.1. The Balaban J connectivity index is 1.58. The molecule has 1 amide bonds. The Morgan fingerprint density at radius 2 is 2.31 bits per heavy atom. The molecule has 7 nitrogen and oxygen atoms in total. The summed E-state index contributed by atoms with van der Waals surface area (Å²) in [5.41, 5.74) is 1.97. The van der Waals surface area contributed by atoms with Crippen molar-refractivity contribution in [2.45, 2.75) is 44.5 Å². The summed E-state index contributed by atoms with van der Waals surface area (Å²) < 4.78 is 13.5. The number of halogens is 2. The van der Waals surface area contributed by atoms with E-state index in [2.05, 4.69) is 32.4 Å². The summed E-state index contributed by atoms with van der Waals surface area (Å²) in [5.74, 6) is 0.0608. The van der Waals surface area contributed by atoms with Crippen LogP contribution in [0.3, 0.4) is 0 Å². The molecule has 1 aliphatic heterocycles. The van der Waals surface area contributed by atoms with Gasteiger partial charge in [-0.1, -0.05) is 11.6 Å². The molecule has 158 valence electrons. The number of hydrogen-bond donors (Lipinski definition) is 1. The summed E-state index contributed by atoms with van der Waals surface area (Å²) in [6.45, 7) is 3.87. The number of nitrogens with one attached hydrogen (secondary N) is 1. The molecule has 4 rings (SSSR count). The topological polar surface area (TPSA) is 68.6 Å². The first-order valence-electron chi connectivity index (χ1n) is 10.0. The molecular weight excluding hydrogens is 460 g/mol. The summed E-state index contributed by atoms with van der Waals surface area (Å²) in [6, 6.07) is 4.33. The van der Waals surface area contributed by atoms with E-state index in [-0.39, 0.29) is 5.91 Å². The summed E-state index contributed by atoms with van der Waals surface area (Å²) >= 11 is 10.1. The number of hydrogen-bond acceptors (Lipinski definition) is 5. The number of aryl methyl sites for hydroxylation is 1. The quantitative estimate of drug-likeness (QED) is 0.582. The van der Waals surface area contributed by atoms with Gasteiger partial charge in [0.15, 0.2) is 0 Å². The second-order valence-corrected chi connectivity index (χ2v) is 8.75. The van der Waals surface area contributed by atoms with Gasteiger partial charge in [0, 0.05) is 45.9 Å². The predicted molar refractivity (Wildman–Crippen MR) is 115 cm³/mol. The lowest BCUT2D eigenvalue weighted by Gasteiger charge is -2.30. The van der Waals surface area contributed by atoms with Crippen LogP contribution in [-0.4, -0.2) is 66.1 Å². The van der Waals surface area contributed by atoms with E-state index < -0.39 is 6.10 Å². The van der Waals surface area contributed by atoms with Gasteiger partial charge in [-0.2, -0.15) is 5.10 Å². The normalized spacial score (nSPS) is 19.6. The Bertz CT molecular complexity index is 880. The monoisotopic (exact) mass is 484 g/mol. The number of amides is 1. The molecule has 0 spiro atoms. The molecule has 1 aromatic heterocycles. The highest BCUT2D eigenvalue weighted by Crippen LogP contribution is 2.34. The summed E-state index contributed by atoms with van der Waals surface area (Å²) in [6.07, 6.45) is 2.54. The minimum Gasteiger partial charge on any atom is -0.385 e. The van der Waals surface area contributed by atoms with Crippen molar-refractivity contribution >= 4 is 44.3 Å². The second-order valence-electron chi connectivity index (χ2n) is 7.59. The average Bonchev–Trinajstić information content (AvgIpc) is 3.51. The molecule has 29 heavy (non-hydrogen) atoms. The highest BCUT2D eigenvalue weighted by atomic mass is 79.9. The second kappa shape index (κ2) is 9.31. The largest absolute Gasteiger partial charge is 0.385 e. The number of aromatic nitrogens is 2. The van der Waals surface area contributed by atoms with Gasteiger partial charge in [-0.3, -0.25) is 9.48 Å². The average molecular weight is 486 g/mol. The fraction of sp³-hybridized carbons (Fsp3) is 0.600. The molecule has 0 bridgehead atoms. The number of rotatable bonds is 8. The van der Waals surface area contributed by atoms with Crippen LogP contribution in [0.15, 0.2) is 16.7 Å². The first-order valence-corrected chi connectivity index (χ1v) is 11.2. The van der Waals surface area contributed by atoms with Crippen LogP contribution in [0.5, 0.6) is 0 Å². The Hall–Kier alpha value is -1.19. The SMILES string of the molecule is COCCCn1nc(Br)c2c(Cl)cc(CN(C(=O)C3CNCCO3)C3CC3)cc21. The van der Waals surface area contributed by atoms with Gasteiger partial charge < -0.3 is 19.7 Å². The highest BCUT2D eigenvalue weighted by Gasteiger charge is 2.37. The van der Waals surface area contributed by atoms with Crippen LogP contribution in [-0.2, 0) is 27.4 Å². The van der Waals surface area contributed by atoms with Gasteiger partial charge in [-0.05, 0) is 52.9 Å². The van der Waals surface area contributed by atoms with Crippen molar-refractivity contribution in [3.05, 3.63) is 27.3 Å². The van der Waals surface area contributed by atoms with Crippen LogP contribution in [0.4, 0.5) is 0 Å². The minimum absolute atomic E-state index is 0.0608. The summed E-state index contributed by atoms with van der Waals surface area (Å²) in [5, 5.41) is 9.36. The fourth-order valence-corrected chi connectivity index (χ4v) is 4.81. The Kier molecular flexibility index (Phi) is 6.76. The summed E-state index contributed by atoms with van der Waals surface area (Å²) in [4.78, 5) is 15.0. The van der Waals surface area contributed by atoms with Gasteiger partial charge >= 0.3 is 0 Å². The van der Waals surface area contributed by atoms with E-state index in [1.165, 1.54) is 0 Å². The van der Waals surface area contributed by atoms with E-state index in [9.17, 15) is 4.79 Å². The predicted octanol–water partition coefficient (Wildman–Crippen LogP) is 2.97. The molecule has 2 fully saturated rings. The van der Waals surface area contributed by atoms with Gasteiger partial charge in [-0.15, -0.1) is 0 Å². The fourth-order valence-electron chi connectivity index (χ4n) is 3.76. The highest BCUT2D eigenvalue weighted by molar-refractivity contribution is 9.10. The lowest BCUT2D eigenvalue weighted by molar-refractivity contribution is -0.146. The van der Waals surface area contributed by atoms with E-state index >= 15 is 0 Å². The van der Waals surface area contributed by atoms with Gasteiger partial charge in [0.1, 0.15) is 10.7 Å². The number of carbonyl (C=O) groups is 1. The number of ether oxygens (including phenoxy) is 2. The summed E-state index contributed by atoms with van der Waals surface area (Å²) in [7, 11) is 1.70. The first kappa shape index (κ1) is 21.1. The van der Waals surface area contributed by atoms with Crippen molar-refractivity contribution in [1.29, 1.82) is 0 Å². The van der Waals surface area contributed by atoms with Crippen molar-refractivity contribution in [3.63, 3.8) is 0 Å². The van der Waals surface area contributed by atoms with E-state index in [1.807, 2.05) is 15.6 Å². The number of nitrogens with zero attached hydrogens (tertiary/aromatic N) is 3. The molecule has 1 saturated carbocycles. The Morgan fingerprint density at radius 1 is 1.48 bits per heavy atom. The number of morpholine rings is 1. The lowest BCUT2D eigenvalue weighted by atomic mass is 10.1. The van der Waals surface area contributed by atoms with Gasteiger partial charge in [0.2, 0.25) is 0 Å². The number of carbonyl (C=O) groups excluding carboxylic acids is 1. The molecule has 1 unspecified atom stereocenters. The molecule has 1 saturated heterocycles. The standard InChI is InChI=1S/C20H26BrClN4O3/c1-28-7-2-6-26-16-10-13(9-15(22)18(16)19(21)24-26)12-25(14-3-4-14)20(27)17-11-23-5-8-29-17/h9-10,14,17,23H,2-8,11-12H2,1H3. The van der Waals surface area contributed by atoms with Crippen molar-refractivity contribution in [1.82, 2.24) is 20.0 Å². The molecule has 1 atom stereocenters. The maximum Gasteiger partial charge on any atom is 0.253 e. The molecule has 2 aromatic rings. The molecular formula is C20H26BrClN4O3. The van der Waals surface area contributed by atoms with Crippen LogP contribution < -0.4 is 5.32 Å². The third-order valence-electron chi connectivity index (χ3n) is 5.37. The number of benzene rings is 1.